The summed E-state index contributed by atoms with van der Waals surface area (Å²) in [7, 11) is 1.62. The van der Waals surface area contributed by atoms with E-state index in [0.29, 0.717) is 39.2 Å². The van der Waals surface area contributed by atoms with Crippen molar-refractivity contribution in [1.82, 2.24) is 14.6 Å². The van der Waals surface area contributed by atoms with Crippen LogP contribution in [0.25, 0.3) is 33.6 Å². The summed E-state index contributed by atoms with van der Waals surface area (Å²) >= 11 is 1.29. The van der Waals surface area contributed by atoms with Crippen LogP contribution in [0, 0.1) is 6.92 Å². The van der Waals surface area contributed by atoms with Gasteiger partial charge in [-0.15, -0.1) is 5.10 Å². The molecule has 0 saturated heterocycles. The smallest absolute Gasteiger partial charge is 0.291 e. The zero-order chi connectivity index (χ0) is 24.4. The molecule has 0 radical (unpaired) electrons. The van der Waals surface area contributed by atoms with E-state index in [9.17, 15) is 4.79 Å². The van der Waals surface area contributed by atoms with Crippen molar-refractivity contribution in [1.29, 1.82) is 0 Å². The van der Waals surface area contributed by atoms with Gasteiger partial charge in [0, 0.05) is 10.9 Å². The number of fused-ring (bicyclic) bond motifs is 2. The molecule has 0 bridgehead atoms. The molecule has 2 aromatic carbocycles. The molecule has 0 saturated carbocycles. The maximum Gasteiger partial charge on any atom is 0.291 e. The number of para-hydroxylation sites is 1. The highest BCUT2D eigenvalue weighted by Gasteiger charge is 2.19. The molecule has 35 heavy (non-hydrogen) atoms. The number of hydrogen-bond acceptors (Lipinski definition) is 7. The van der Waals surface area contributed by atoms with Crippen LogP contribution in [0.15, 0.2) is 51.7 Å². The molecule has 180 valence electrons. The number of nitrogens with zero attached hydrogens (tertiary/aromatic N) is 3. The molecule has 0 fully saturated rings. The third-order valence-corrected chi connectivity index (χ3v) is 6.93. The minimum absolute atomic E-state index is 0.215. The monoisotopic (exact) mass is 489 g/mol. The molecule has 0 N–H and O–H groups in total. The minimum Gasteiger partial charge on any atom is -0.493 e. The number of hydrogen-bond donors (Lipinski definition) is 0. The van der Waals surface area contributed by atoms with Crippen LogP contribution in [-0.4, -0.2) is 28.3 Å². The molecule has 3 heterocycles. The number of thiazole rings is 1. The van der Waals surface area contributed by atoms with E-state index in [0.717, 1.165) is 34.9 Å². The van der Waals surface area contributed by atoms with Crippen molar-refractivity contribution >= 4 is 33.3 Å². The second-order valence-electron chi connectivity index (χ2n) is 8.42. The highest BCUT2D eigenvalue weighted by molar-refractivity contribution is 7.15. The van der Waals surface area contributed by atoms with Gasteiger partial charge in [0.1, 0.15) is 5.58 Å². The molecule has 0 spiro atoms. The molecule has 8 heteroatoms. The topological polar surface area (TPSA) is 78.9 Å². The Kier molecular flexibility index (Phi) is 6.55. The predicted octanol–water partition coefficient (Wildman–Crippen LogP) is 5.39. The summed E-state index contributed by atoms with van der Waals surface area (Å²) in [5, 5.41) is 5.46. The summed E-state index contributed by atoms with van der Waals surface area (Å²) in [5.41, 5.74) is 2.36. The normalized spacial score (nSPS) is 12.1. The Bertz CT molecular complexity index is 1600. The first-order chi connectivity index (χ1) is 17.1. The minimum atomic E-state index is -0.215. The van der Waals surface area contributed by atoms with Crippen molar-refractivity contribution in [2.75, 3.05) is 13.7 Å². The lowest BCUT2D eigenvalue weighted by Crippen LogP contribution is -2.23. The number of aromatic nitrogens is 3. The van der Waals surface area contributed by atoms with Crippen molar-refractivity contribution in [3.8, 4) is 23.1 Å². The standard InChI is InChI=1S/C27H27N3O4S/c1-4-5-6-9-14-33-21-13-12-18(15-22(21)32-3)16-23-26(31)30-27(35-23)28-25(29-30)24-17(2)19-10-7-8-11-20(19)34-24/h7-8,10-13,15-16H,4-6,9,14H2,1-3H3/b23-16-. The van der Waals surface area contributed by atoms with E-state index in [2.05, 4.69) is 17.0 Å². The van der Waals surface area contributed by atoms with Gasteiger partial charge in [0.15, 0.2) is 17.3 Å². The molecular formula is C27H27N3O4S. The van der Waals surface area contributed by atoms with E-state index in [1.54, 1.807) is 7.11 Å². The van der Waals surface area contributed by atoms with Gasteiger partial charge in [-0.2, -0.15) is 9.50 Å². The average Bonchev–Trinajstić information content (AvgIpc) is 3.52. The number of ether oxygens (including phenoxy) is 2. The van der Waals surface area contributed by atoms with Crippen LogP contribution < -0.4 is 19.6 Å². The molecule has 0 aliphatic rings. The molecule has 5 rings (SSSR count). The fourth-order valence-corrected chi connectivity index (χ4v) is 4.98. The Morgan fingerprint density at radius 3 is 2.74 bits per heavy atom. The zero-order valence-electron chi connectivity index (χ0n) is 20.0. The molecule has 7 nitrogen and oxygen atoms in total. The van der Waals surface area contributed by atoms with Gasteiger partial charge in [-0.25, -0.2) is 0 Å². The van der Waals surface area contributed by atoms with Gasteiger partial charge in [0.25, 0.3) is 5.56 Å². The molecule has 0 unspecified atom stereocenters. The summed E-state index contributed by atoms with van der Waals surface area (Å²) in [6, 6.07) is 13.5. The fourth-order valence-electron chi connectivity index (χ4n) is 4.07. The van der Waals surface area contributed by atoms with Crippen molar-refractivity contribution in [2.24, 2.45) is 0 Å². The van der Waals surface area contributed by atoms with E-state index in [1.165, 1.54) is 28.7 Å². The lowest BCUT2D eigenvalue weighted by atomic mass is 10.1. The highest BCUT2D eigenvalue weighted by Crippen LogP contribution is 2.31. The third kappa shape index (κ3) is 4.53. The molecule has 5 aromatic rings. The van der Waals surface area contributed by atoms with Crippen LogP contribution in [0.4, 0.5) is 0 Å². The number of rotatable bonds is 9. The van der Waals surface area contributed by atoms with E-state index in [-0.39, 0.29) is 5.56 Å². The van der Waals surface area contributed by atoms with Gasteiger partial charge in [-0.05, 0) is 43.2 Å². The van der Waals surface area contributed by atoms with Gasteiger partial charge in [0.05, 0.1) is 18.2 Å². The van der Waals surface area contributed by atoms with Gasteiger partial charge in [0.2, 0.25) is 10.8 Å². The van der Waals surface area contributed by atoms with E-state index in [1.807, 2.05) is 55.5 Å². The lowest BCUT2D eigenvalue weighted by molar-refractivity contribution is 0.285. The lowest BCUT2D eigenvalue weighted by Gasteiger charge is -2.11. The van der Waals surface area contributed by atoms with Crippen molar-refractivity contribution < 1.29 is 13.9 Å². The summed E-state index contributed by atoms with van der Waals surface area (Å²) < 4.78 is 19.3. The van der Waals surface area contributed by atoms with Crippen LogP contribution in [0.1, 0.15) is 43.7 Å². The Morgan fingerprint density at radius 2 is 1.97 bits per heavy atom. The number of methoxy groups -OCH3 is 1. The first-order valence-corrected chi connectivity index (χ1v) is 12.6. The molecular weight excluding hydrogens is 462 g/mol. The Hall–Kier alpha value is -3.65. The first kappa shape index (κ1) is 23.1. The molecule has 0 atom stereocenters. The predicted molar refractivity (Wildman–Crippen MR) is 138 cm³/mol. The van der Waals surface area contributed by atoms with Crippen LogP contribution >= 0.6 is 11.3 Å². The van der Waals surface area contributed by atoms with Crippen molar-refractivity contribution in [2.45, 2.75) is 39.5 Å². The van der Waals surface area contributed by atoms with Gasteiger partial charge < -0.3 is 13.9 Å². The first-order valence-electron chi connectivity index (χ1n) is 11.8. The maximum atomic E-state index is 13.0. The van der Waals surface area contributed by atoms with Gasteiger partial charge >= 0.3 is 0 Å². The highest BCUT2D eigenvalue weighted by atomic mass is 32.1. The maximum absolute atomic E-state index is 13.0. The Labute approximate surface area is 206 Å². The second kappa shape index (κ2) is 9.92. The molecule has 0 aliphatic heterocycles. The SMILES string of the molecule is CCCCCCOc1ccc(/C=c2\sc3nc(-c4oc5ccccc5c4C)nn3c2=O)cc1OC. The Balaban J connectivity index is 1.42. The summed E-state index contributed by atoms with van der Waals surface area (Å²) in [6.07, 6.45) is 6.40. The third-order valence-electron chi connectivity index (χ3n) is 5.97. The van der Waals surface area contributed by atoms with E-state index < -0.39 is 0 Å². The zero-order valence-corrected chi connectivity index (χ0v) is 20.9. The van der Waals surface area contributed by atoms with Crippen molar-refractivity contribution in [3.05, 3.63) is 68.5 Å². The van der Waals surface area contributed by atoms with Crippen LogP contribution in [0.5, 0.6) is 11.5 Å². The number of furan rings is 1. The van der Waals surface area contributed by atoms with Crippen LogP contribution in [0.2, 0.25) is 0 Å². The molecule has 3 aromatic heterocycles. The van der Waals surface area contributed by atoms with Crippen molar-refractivity contribution in [3.63, 3.8) is 0 Å². The summed E-state index contributed by atoms with van der Waals surface area (Å²) in [5.74, 6) is 2.35. The number of aryl methyl sites for hydroxylation is 1. The molecule has 0 amide bonds. The summed E-state index contributed by atoms with van der Waals surface area (Å²) in [6.45, 7) is 4.82. The largest absolute Gasteiger partial charge is 0.493 e. The van der Waals surface area contributed by atoms with Crippen LogP contribution in [0.3, 0.4) is 0 Å². The fraction of sp³-hybridized carbons (Fsp3) is 0.296. The Morgan fingerprint density at radius 1 is 1.11 bits per heavy atom. The van der Waals surface area contributed by atoms with E-state index in [4.69, 9.17) is 13.9 Å². The second-order valence-corrected chi connectivity index (χ2v) is 9.43. The molecule has 0 aliphatic carbocycles. The quantitative estimate of drug-likeness (QED) is 0.258. The number of benzene rings is 2. The van der Waals surface area contributed by atoms with Gasteiger partial charge in [-0.1, -0.05) is 61.8 Å². The summed E-state index contributed by atoms with van der Waals surface area (Å²) in [4.78, 5) is 18.1. The van der Waals surface area contributed by atoms with Crippen LogP contribution in [-0.2, 0) is 0 Å². The van der Waals surface area contributed by atoms with Gasteiger partial charge in [-0.3, -0.25) is 4.79 Å². The average molecular weight is 490 g/mol. The number of unbranched alkanes of at least 4 members (excludes halogenated alkanes) is 3. The van der Waals surface area contributed by atoms with E-state index >= 15 is 0 Å².